The summed E-state index contributed by atoms with van der Waals surface area (Å²) in [7, 11) is 0. The highest BCUT2D eigenvalue weighted by molar-refractivity contribution is 6.37. The summed E-state index contributed by atoms with van der Waals surface area (Å²) in [5.41, 5.74) is 3.52. The molecule has 0 aromatic heterocycles. The minimum absolute atomic E-state index is 0.230. The van der Waals surface area contributed by atoms with Gasteiger partial charge < -0.3 is 31.3 Å². The molecule has 1 aliphatic heterocycles. The monoisotopic (exact) mass is 647 g/mol. The minimum atomic E-state index is -1.11. The number of ether oxygens (including phenoxy) is 1. The maximum atomic E-state index is 14.3. The number of nitrogens with one attached hydrogen (secondary N) is 3. The molecule has 5 amide bonds. The Balaban J connectivity index is 1.82. The zero-order valence-electron chi connectivity index (χ0n) is 29.5. The zero-order valence-corrected chi connectivity index (χ0v) is 29.5. The molecule has 3 aliphatic rings. The van der Waals surface area contributed by atoms with Crippen LogP contribution in [0.4, 0.5) is 4.79 Å². The predicted molar refractivity (Wildman–Crippen MR) is 173 cm³/mol. The number of Topliss-reactive ketones (excluding diaryl/α,β-unsaturated/α-hetero) is 1. The van der Waals surface area contributed by atoms with Crippen LogP contribution in [0.3, 0.4) is 0 Å². The van der Waals surface area contributed by atoms with Gasteiger partial charge in [-0.1, -0.05) is 68.2 Å². The summed E-state index contributed by atoms with van der Waals surface area (Å²) in [6, 6.07) is -4.68. The Morgan fingerprint density at radius 3 is 1.89 bits per heavy atom. The maximum absolute atomic E-state index is 14.3. The first-order chi connectivity index (χ1) is 21.0. The number of esters is 1. The van der Waals surface area contributed by atoms with Gasteiger partial charge in [-0.15, -0.1) is 0 Å². The van der Waals surface area contributed by atoms with Crippen LogP contribution >= 0.6 is 0 Å². The first kappa shape index (κ1) is 37.3. The van der Waals surface area contributed by atoms with E-state index in [2.05, 4.69) is 16.0 Å². The van der Waals surface area contributed by atoms with Gasteiger partial charge >= 0.3 is 12.0 Å². The average Bonchev–Trinajstić information content (AvgIpc) is 3.85. The third-order valence-corrected chi connectivity index (χ3v) is 9.72. The number of carbonyl (C=O) groups excluding carboxylic acids is 6. The van der Waals surface area contributed by atoms with Crippen molar-refractivity contribution in [1.29, 1.82) is 0 Å². The smallest absolute Gasteiger partial charge is 0.329 e. The molecule has 2 saturated carbocycles. The summed E-state index contributed by atoms with van der Waals surface area (Å²) in [5, 5.41) is 8.29. The summed E-state index contributed by atoms with van der Waals surface area (Å²) in [6.45, 7) is 19.0. The van der Waals surface area contributed by atoms with E-state index in [1.165, 1.54) is 4.90 Å². The Labute approximate surface area is 274 Å². The highest BCUT2D eigenvalue weighted by Gasteiger charge is 2.50. The van der Waals surface area contributed by atoms with Crippen molar-refractivity contribution in [2.24, 2.45) is 40.2 Å². The lowest BCUT2D eigenvalue weighted by molar-refractivity contribution is -0.162. The van der Waals surface area contributed by atoms with Crippen LogP contribution < -0.4 is 21.7 Å². The Kier molecular flexibility index (Phi) is 11.3. The molecule has 3 rings (SSSR count). The molecule has 0 aromatic carbocycles. The highest BCUT2D eigenvalue weighted by Crippen LogP contribution is 2.42. The van der Waals surface area contributed by atoms with Crippen LogP contribution in [0.2, 0.25) is 0 Å². The Bertz CT molecular complexity index is 1190. The molecule has 260 valence electrons. The molecule has 12 heteroatoms. The van der Waals surface area contributed by atoms with Crippen LogP contribution in [0, 0.1) is 34.5 Å². The number of amides is 5. The van der Waals surface area contributed by atoms with Crippen molar-refractivity contribution < 1.29 is 33.5 Å². The van der Waals surface area contributed by atoms with E-state index in [4.69, 9.17) is 10.5 Å². The molecule has 12 nitrogen and oxygen atoms in total. The fraction of sp³-hybridized carbons (Fsp3) is 0.824. The van der Waals surface area contributed by atoms with E-state index < -0.39 is 70.7 Å². The third-order valence-electron chi connectivity index (χ3n) is 9.72. The van der Waals surface area contributed by atoms with Gasteiger partial charge in [-0.3, -0.25) is 19.2 Å². The summed E-state index contributed by atoms with van der Waals surface area (Å²) in [4.78, 5) is 80.8. The zero-order chi connectivity index (χ0) is 34.9. The fourth-order valence-corrected chi connectivity index (χ4v) is 6.43. The van der Waals surface area contributed by atoms with Crippen LogP contribution in [0.1, 0.15) is 108 Å². The Morgan fingerprint density at radius 1 is 0.848 bits per heavy atom. The van der Waals surface area contributed by atoms with Crippen LogP contribution in [0.5, 0.6) is 0 Å². The van der Waals surface area contributed by atoms with Gasteiger partial charge in [-0.05, 0) is 74.0 Å². The molecule has 2 aliphatic carbocycles. The van der Waals surface area contributed by atoms with Gasteiger partial charge in [0.2, 0.25) is 17.6 Å². The Morgan fingerprint density at radius 2 is 1.43 bits per heavy atom. The number of hydrogen-bond donors (Lipinski definition) is 4. The lowest BCUT2D eigenvalue weighted by atomic mass is 9.75. The summed E-state index contributed by atoms with van der Waals surface area (Å²) < 4.78 is 5.81. The van der Waals surface area contributed by atoms with Crippen molar-refractivity contribution in [3.63, 3.8) is 0 Å². The number of ketones is 1. The normalized spacial score (nSPS) is 22.5. The lowest BCUT2D eigenvalue weighted by Gasteiger charge is -2.39. The van der Waals surface area contributed by atoms with Crippen molar-refractivity contribution in [2.45, 2.75) is 138 Å². The maximum Gasteiger partial charge on any atom is 0.329 e. The van der Waals surface area contributed by atoms with E-state index in [0.717, 1.165) is 25.7 Å². The molecular formula is C34H57N5O7. The van der Waals surface area contributed by atoms with Crippen LogP contribution in [-0.4, -0.2) is 76.7 Å². The van der Waals surface area contributed by atoms with Crippen molar-refractivity contribution in [3.05, 3.63) is 0 Å². The van der Waals surface area contributed by atoms with Gasteiger partial charge in [0, 0.05) is 6.54 Å². The summed E-state index contributed by atoms with van der Waals surface area (Å²) >= 11 is 0. The number of rotatable bonds is 13. The topological polar surface area (TPSA) is 177 Å². The second kappa shape index (κ2) is 13.9. The second-order valence-electron chi connectivity index (χ2n) is 16.6. The lowest BCUT2D eigenvalue weighted by Crippen LogP contribution is -2.62. The number of nitrogens with zero attached hydrogens (tertiary/aromatic N) is 1. The van der Waals surface area contributed by atoms with Crippen molar-refractivity contribution in [2.75, 3.05) is 6.54 Å². The molecule has 1 saturated heterocycles. The highest BCUT2D eigenvalue weighted by atomic mass is 16.6. The second-order valence-corrected chi connectivity index (χ2v) is 16.6. The number of hydrogen-bond acceptors (Lipinski definition) is 7. The molecule has 0 aromatic rings. The molecule has 5 N–H and O–H groups in total. The SMILES string of the molecule is CC(C)[C@H](NC(=O)N[C@H](C(=O)N1CC[C@H](C(C)(C)C)[C@H]1C(=O)NC(CC1CC1)C(=O)C(N)=O)C(C)(C)C)C(=O)OC(C)(C)C1CC1. The first-order valence-electron chi connectivity index (χ1n) is 16.8. The van der Waals surface area contributed by atoms with Gasteiger partial charge in [-0.25, -0.2) is 9.59 Å². The summed E-state index contributed by atoms with van der Waals surface area (Å²) in [5.74, 6) is -3.48. The molecule has 0 radical (unpaired) electrons. The molecule has 1 heterocycles. The average molecular weight is 648 g/mol. The number of urea groups is 1. The third kappa shape index (κ3) is 9.44. The van der Waals surface area contributed by atoms with Crippen LogP contribution in [0.25, 0.3) is 0 Å². The van der Waals surface area contributed by atoms with Crippen LogP contribution in [-0.2, 0) is 28.7 Å². The van der Waals surface area contributed by atoms with E-state index in [0.29, 0.717) is 18.8 Å². The van der Waals surface area contributed by atoms with Gasteiger partial charge in [0.25, 0.3) is 5.91 Å². The molecular weight excluding hydrogens is 590 g/mol. The standard InChI is InChI=1S/C34H57N5O7/c1-18(2)23(30(44)46-34(9,10)20-13-14-20)37-31(45)38-26(33(6,7)8)29(43)39-16-15-21(32(3,4)5)24(39)28(42)36-22(17-19-11-12-19)25(40)27(35)41/h18-24,26H,11-17H2,1-10H3,(H2,35,41)(H,36,42)(H2,37,38,45)/t21-,22?,23-,24-,26+/m0/s1. The number of carbonyl (C=O) groups is 6. The van der Waals surface area contributed by atoms with Gasteiger partial charge in [0.05, 0.1) is 6.04 Å². The molecule has 0 spiro atoms. The van der Waals surface area contributed by atoms with Gasteiger partial charge in [-0.2, -0.15) is 0 Å². The summed E-state index contributed by atoms with van der Waals surface area (Å²) in [6.07, 6.45) is 4.65. The van der Waals surface area contributed by atoms with Crippen LogP contribution in [0.15, 0.2) is 0 Å². The van der Waals surface area contributed by atoms with E-state index in [-0.39, 0.29) is 29.7 Å². The van der Waals surface area contributed by atoms with E-state index in [9.17, 15) is 28.8 Å². The molecule has 1 unspecified atom stereocenters. The molecule has 46 heavy (non-hydrogen) atoms. The fourth-order valence-electron chi connectivity index (χ4n) is 6.43. The largest absolute Gasteiger partial charge is 0.458 e. The predicted octanol–water partition coefficient (Wildman–Crippen LogP) is 3.06. The van der Waals surface area contributed by atoms with Crippen molar-refractivity contribution in [1.82, 2.24) is 20.9 Å². The first-order valence-corrected chi connectivity index (χ1v) is 16.8. The molecule has 0 bridgehead atoms. The number of likely N-dealkylation sites (tertiary alicyclic amines) is 1. The van der Waals surface area contributed by atoms with Crippen molar-refractivity contribution >= 4 is 35.5 Å². The molecule has 3 fully saturated rings. The quantitative estimate of drug-likeness (QED) is 0.175. The number of primary amides is 1. The van der Waals surface area contributed by atoms with Gasteiger partial charge in [0.15, 0.2) is 0 Å². The number of nitrogens with two attached hydrogens (primary N) is 1. The van der Waals surface area contributed by atoms with E-state index >= 15 is 0 Å². The van der Waals surface area contributed by atoms with Gasteiger partial charge in [0.1, 0.15) is 23.7 Å². The Hall–Kier alpha value is -3.18. The van der Waals surface area contributed by atoms with Crippen molar-refractivity contribution in [3.8, 4) is 0 Å². The van der Waals surface area contributed by atoms with E-state index in [1.54, 1.807) is 0 Å². The van der Waals surface area contributed by atoms with E-state index in [1.807, 2.05) is 69.2 Å². The minimum Gasteiger partial charge on any atom is -0.458 e. The molecule has 5 atom stereocenters.